The van der Waals surface area contributed by atoms with Gasteiger partial charge in [0.25, 0.3) is 0 Å². The molecule has 1 heterocycles. The molecule has 4 heteroatoms. The second-order valence-corrected chi connectivity index (χ2v) is 3.06. The lowest BCUT2D eigenvalue weighted by Crippen LogP contribution is -2.23. The molecule has 0 amide bonds. The van der Waals surface area contributed by atoms with Crippen molar-refractivity contribution in [1.29, 1.82) is 0 Å². The van der Waals surface area contributed by atoms with Crippen LogP contribution in [0, 0.1) is 0 Å². The minimum Gasteiger partial charge on any atom is -0.327 e. The minimum absolute atomic E-state index is 0.0348. The van der Waals surface area contributed by atoms with Gasteiger partial charge in [0, 0.05) is 24.4 Å². The molecule has 2 N–H and O–H groups in total. The maximum Gasteiger partial charge on any atom is 0.318 e. The molecule has 0 aliphatic heterocycles. The van der Waals surface area contributed by atoms with Crippen LogP contribution < -0.4 is 5.73 Å². The van der Waals surface area contributed by atoms with E-state index in [-0.39, 0.29) is 6.04 Å². The number of alkyl halides is 2. The van der Waals surface area contributed by atoms with Crippen molar-refractivity contribution in [2.24, 2.45) is 5.73 Å². The van der Waals surface area contributed by atoms with Crippen molar-refractivity contribution < 1.29 is 8.78 Å². The van der Waals surface area contributed by atoms with Gasteiger partial charge in [0.1, 0.15) is 0 Å². The number of aromatic nitrogens is 1. The fourth-order valence-corrected chi connectivity index (χ4v) is 1.21. The summed E-state index contributed by atoms with van der Waals surface area (Å²) < 4.78 is 25.6. The Morgan fingerprint density at radius 3 is 2.77 bits per heavy atom. The Morgan fingerprint density at radius 2 is 2.23 bits per heavy atom. The van der Waals surface area contributed by atoms with Gasteiger partial charge in [0.2, 0.25) is 0 Å². The Balaban J connectivity index is 2.70. The standard InChI is InChI=1S/C9H14F2N2/c1-2-7(12)6-8-4-3-5-13(8)9(10)11/h3-5,7,9H,2,6,12H2,1H3. The van der Waals surface area contributed by atoms with E-state index in [2.05, 4.69) is 0 Å². The zero-order valence-corrected chi connectivity index (χ0v) is 7.58. The fourth-order valence-electron chi connectivity index (χ4n) is 1.21. The normalized spacial score (nSPS) is 13.6. The van der Waals surface area contributed by atoms with E-state index in [4.69, 9.17) is 5.73 Å². The number of nitrogens with two attached hydrogens (primary N) is 1. The molecule has 1 atom stereocenters. The first-order valence-corrected chi connectivity index (χ1v) is 4.34. The molecule has 2 nitrogen and oxygen atoms in total. The molecule has 0 fully saturated rings. The molecule has 0 radical (unpaired) electrons. The largest absolute Gasteiger partial charge is 0.327 e. The number of hydrogen-bond donors (Lipinski definition) is 1. The molecule has 0 aromatic carbocycles. The Morgan fingerprint density at radius 1 is 1.54 bits per heavy atom. The Bertz CT molecular complexity index is 258. The number of nitrogens with zero attached hydrogens (tertiary/aromatic N) is 1. The number of rotatable bonds is 4. The van der Waals surface area contributed by atoms with Gasteiger partial charge in [0.15, 0.2) is 0 Å². The summed E-state index contributed by atoms with van der Waals surface area (Å²) in [6, 6.07) is 3.26. The molecule has 0 aliphatic carbocycles. The SMILES string of the molecule is CCC(N)Cc1cccn1C(F)F. The van der Waals surface area contributed by atoms with Gasteiger partial charge in [-0.3, -0.25) is 4.57 Å². The first kappa shape index (κ1) is 10.2. The summed E-state index contributed by atoms with van der Waals surface area (Å²) >= 11 is 0. The Kier molecular flexibility index (Phi) is 3.42. The van der Waals surface area contributed by atoms with E-state index in [0.717, 1.165) is 11.0 Å². The molecule has 1 aromatic heterocycles. The summed E-state index contributed by atoms with van der Waals surface area (Å²) in [4.78, 5) is 0. The topological polar surface area (TPSA) is 30.9 Å². The van der Waals surface area contributed by atoms with E-state index in [1.54, 1.807) is 12.1 Å². The molecule has 13 heavy (non-hydrogen) atoms. The van der Waals surface area contributed by atoms with Crippen molar-refractivity contribution in [3.05, 3.63) is 24.0 Å². The minimum atomic E-state index is -2.46. The van der Waals surface area contributed by atoms with Crippen molar-refractivity contribution in [3.63, 3.8) is 0 Å². The highest BCUT2D eigenvalue weighted by Gasteiger charge is 2.11. The second kappa shape index (κ2) is 4.37. The van der Waals surface area contributed by atoms with Crippen LogP contribution >= 0.6 is 0 Å². The average Bonchev–Trinajstić information content (AvgIpc) is 2.52. The van der Waals surface area contributed by atoms with Gasteiger partial charge in [-0.2, -0.15) is 8.78 Å². The zero-order valence-electron chi connectivity index (χ0n) is 7.58. The molecular formula is C9H14F2N2. The third-order valence-corrected chi connectivity index (χ3v) is 2.07. The molecular weight excluding hydrogens is 174 g/mol. The van der Waals surface area contributed by atoms with Crippen LogP contribution in [0.2, 0.25) is 0 Å². The lowest BCUT2D eigenvalue weighted by atomic mass is 10.1. The van der Waals surface area contributed by atoms with Gasteiger partial charge in [-0.15, -0.1) is 0 Å². The third kappa shape index (κ3) is 2.52. The van der Waals surface area contributed by atoms with Crippen molar-refractivity contribution in [1.82, 2.24) is 4.57 Å². The van der Waals surface area contributed by atoms with Crippen LogP contribution in [0.25, 0.3) is 0 Å². The summed E-state index contributed by atoms with van der Waals surface area (Å²) in [6.45, 7) is -0.519. The van der Waals surface area contributed by atoms with E-state index in [9.17, 15) is 8.78 Å². The predicted octanol–water partition coefficient (Wildman–Crippen LogP) is 2.16. The van der Waals surface area contributed by atoms with E-state index in [1.165, 1.54) is 6.20 Å². The quantitative estimate of drug-likeness (QED) is 0.771. The van der Waals surface area contributed by atoms with Gasteiger partial charge in [-0.25, -0.2) is 0 Å². The van der Waals surface area contributed by atoms with E-state index < -0.39 is 6.55 Å². The van der Waals surface area contributed by atoms with Gasteiger partial charge in [-0.1, -0.05) is 6.92 Å². The second-order valence-electron chi connectivity index (χ2n) is 3.06. The van der Waals surface area contributed by atoms with Crippen LogP contribution in [0.1, 0.15) is 25.6 Å². The van der Waals surface area contributed by atoms with Gasteiger partial charge in [0.05, 0.1) is 0 Å². The first-order chi connectivity index (χ1) is 6.15. The predicted molar refractivity (Wildman–Crippen MR) is 47.7 cm³/mol. The van der Waals surface area contributed by atoms with Gasteiger partial charge in [-0.05, 0) is 18.6 Å². The Hall–Kier alpha value is -0.900. The van der Waals surface area contributed by atoms with E-state index in [1.807, 2.05) is 6.92 Å². The molecule has 74 valence electrons. The van der Waals surface area contributed by atoms with Crippen LogP contribution in [0.4, 0.5) is 8.78 Å². The fraction of sp³-hybridized carbons (Fsp3) is 0.556. The van der Waals surface area contributed by atoms with Gasteiger partial charge >= 0.3 is 6.55 Å². The average molecular weight is 188 g/mol. The Labute approximate surface area is 76.3 Å². The van der Waals surface area contributed by atoms with Crippen molar-refractivity contribution in [2.75, 3.05) is 0 Å². The first-order valence-electron chi connectivity index (χ1n) is 4.34. The summed E-state index contributed by atoms with van der Waals surface area (Å²) in [5.74, 6) is 0. The number of halogens is 2. The van der Waals surface area contributed by atoms with Crippen LogP contribution in [-0.4, -0.2) is 10.6 Å². The van der Waals surface area contributed by atoms with Crippen LogP contribution in [0.5, 0.6) is 0 Å². The van der Waals surface area contributed by atoms with Crippen LogP contribution in [0.3, 0.4) is 0 Å². The van der Waals surface area contributed by atoms with E-state index >= 15 is 0 Å². The van der Waals surface area contributed by atoms with E-state index in [0.29, 0.717) is 12.1 Å². The van der Waals surface area contributed by atoms with Crippen molar-refractivity contribution >= 4 is 0 Å². The third-order valence-electron chi connectivity index (χ3n) is 2.07. The number of hydrogen-bond acceptors (Lipinski definition) is 1. The summed E-state index contributed by atoms with van der Waals surface area (Å²) in [6.07, 6.45) is 2.69. The summed E-state index contributed by atoms with van der Waals surface area (Å²) in [5, 5.41) is 0. The van der Waals surface area contributed by atoms with Crippen molar-refractivity contribution in [3.8, 4) is 0 Å². The molecule has 0 saturated heterocycles. The lowest BCUT2D eigenvalue weighted by Gasteiger charge is -2.11. The maximum atomic E-state index is 12.3. The summed E-state index contributed by atoms with van der Waals surface area (Å²) in [7, 11) is 0. The molecule has 1 unspecified atom stereocenters. The van der Waals surface area contributed by atoms with Crippen LogP contribution in [-0.2, 0) is 6.42 Å². The lowest BCUT2D eigenvalue weighted by molar-refractivity contribution is 0.0675. The van der Waals surface area contributed by atoms with Crippen molar-refractivity contribution in [2.45, 2.75) is 32.4 Å². The van der Waals surface area contributed by atoms with Crippen LogP contribution in [0.15, 0.2) is 18.3 Å². The summed E-state index contributed by atoms with van der Waals surface area (Å²) in [5.41, 5.74) is 6.28. The monoisotopic (exact) mass is 188 g/mol. The highest BCUT2D eigenvalue weighted by molar-refractivity contribution is 5.08. The molecule has 0 bridgehead atoms. The highest BCUT2D eigenvalue weighted by atomic mass is 19.3. The molecule has 0 aliphatic rings. The molecule has 1 aromatic rings. The smallest absolute Gasteiger partial charge is 0.318 e. The molecule has 0 saturated carbocycles. The highest BCUT2D eigenvalue weighted by Crippen LogP contribution is 2.15. The molecule has 0 spiro atoms. The van der Waals surface area contributed by atoms with Gasteiger partial charge < -0.3 is 5.73 Å². The zero-order chi connectivity index (χ0) is 9.84. The maximum absolute atomic E-state index is 12.3. The molecule has 1 rings (SSSR count).